The summed E-state index contributed by atoms with van der Waals surface area (Å²) >= 11 is 0. The summed E-state index contributed by atoms with van der Waals surface area (Å²) in [4.78, 5) is 87.7. The van der Waals surface area contributed by atoms with Gasteiger partial charge in [-0.3, -0.25) is 29.0 Å². The van der Waals surface area contributed by atoms with Crippen LogP contribution < -0.4 is 16.4 Å². The van der Waals surface area contributed by atoms with Crippen LogP contribution in [-0.2, 0) is 62.3 Å². The number of rotatable bonds is 11. The summed E-state index contributed by atoms with van der Waals surface area (Å²) in [7, 11) is 2.48. The van der Waals surface area contributed by atoms with Crippen molar-refractivity contribution in [2.75, 3.05) is 71.7 Å². The lowest BCUT2D eigenvalue weighted by Crippen LogP contribution is -2.61. The molecule has 330 valence electrons. The maximum absolute atomic E-state index is 14.1. The van der Waals surface area contributed by atoms with Crippen LogP contribution in [0.2, 0.25) is 0 Å². The van der Waals surface area contributed by atoms with Gasteiger partial charge >= 0.3 is 12.2 Å². The summed E-state index contributed by atoms with van der Waals surface area (Å²) in [5.41, 5.74) is 12.8. The molecule has 0 aliphatic carbocycles. The summed E-state index contributed by atoms with van der Waals surface area (Å²) in [5.74, 6) is -2.69. The Morgan fingerprint density at radius 2 is 1.05 bits per heavy atom. The van der Waals surface area contributed by atoms with Gasteiger partial charge in [-0.2, -0.15) is 0 Å². The van der Waals surface area contributed by atoms with Gasteiger partial charge in [0.2, 0.25) is 23.6 Å². The summed E-state index contributed by atoms with van der Waals surface area (Å²) in [6, 6.07) is 18.6. The smallest absolute Gasteiger partial charge is 0.410 e. The van der Waals surface area contributed by atoms with Crippen LogP contribution in [0.15, 0.2) is 72.8 Å². The molecular weight excluding hydrogens is 806 g/mol. The SMILES string of the molecule is COC(=O)N1CCOC[C@H]1C(=O)N1CCC[C@@]1(C(N)=O)c1ccc(CN(Cc2ccc([C@]3(C(N)=O)CCCN3C(=O)[C@@H]3COCCN3C(=O)OC)cc2)c2ccc(F)cc2)cc1. The third kappa shape index (κ3) is 8.11. The Bertz CT molecular complexity index is 2030. The molecule has 3 aromatic rings. The zero-order valence-corrected chi connectivity index (χ0v) is 34.8. The van der Waals surface area contributed by atoms with Gasteiger partial charge in [0.15, 0.2) is 0 Å². The molecule has 4 fully saturated rings. The van der Waals surface area contributed by atoms with Crippen LogP contribution >= 0.6 is 0 Å². The molecule has 0 aromatic heterocycles. The van der Waals surface area contributed by atoms with Gasteiger partial charge in [-0.05, 0) is 72.2 Å². The van der Waals surface area contributed by atoms with E-state index in [4.69, 9.17) is 30.4 Å². The molecule has 0 bridgehead atoms. The Balaban J connectivity index is 1.13. The molecule has 4 heterocycles. The van der Waals surface area contributed by atoms with E-state index in [-0.39, 0.29) is 52.6 Å². The van der Waals surface area contributed by atoms with E-state index in [9.17, 15) is 33.2 Å². The fourth-order valence-electron chi connectivity index (χ4n) is 9.38. The highest BCUT2D eigenvalue weighted by molar-refractivity contribution is 5.96. The first-order chi connectivity index (χ1) is 29.8. The van der Waals surface area contributed by atoms with Gasteiger partial charge in [-0.15, -0.1) is 0 Å². The van der Waals surface area contributed by atoms with E-state index >= 15 is 0 Å². The van der Waals surface area contributed by atoms with Crippen molar-refractivity contribution in [3.63, 3.8) is 0 Å². The number of likely N-dealkylation sites (tertiary alicyclic amines) is 2. The molecule has 0 spiro atoms. The number of hydrogen-bond acceptors (Lipinski definition) is 11. The fourth-order valence-corrected chi connectivity index (χ4v) is 9.38. The number of amides is 6. The van der Waals surface area contributed by atoms with Crippen molar-refractivity contribution >= 4 is 41.5 Å². The second kappa shape index (κ2) is 18.4. The van der Waals surface area contributed by atoms with Crippen molar-refractivity contribution in [3.05, 3.63) is 101 Å². The quantitative estimate of drug-likeness (QED) is 0.287. The number of primary amides is 2. The van der Waals surface area contributed by atoms with Crippen LogP contribution in [0, 0.1) is 5.82 Å². The third-order valence-electron chi connectivity index (χ3n) is 12.6. The van der Waals surface area contributed by atoms with E-state index in [1.54, 1.807) is 36.4 Å². The standard InChI is InChI=1S/C44H52FN7O10/c1-59-41(57)49-21-23-61-27-35(49)37(53)51-19-3-17-43(51,39(46)55)31-9-5-29(6-10-31)25-48(34-15-13-33(45)14-16-34)26-30-7-11-32(12-8-30)44(40(47)56)18-4-20-52(44)38(54)36-28-62-24-22-50(36)42(58)60-2/h5-16,35-36H,3-4,17-28H2,1-2H3,(H2,46,55)(H2,47,56)/t35-,36-,43-,44-/m0/s1. The highest BCUT2D eigenvalue weighted by atomic mass is 19.1. The molecule has 17 nitrogen and oxygen atoms in total. The van der Waals surface area contributed by atoms with Gasteiger partial charge in [0.05, 0.1) is 40.6 Å². The maximum Gasteiger partial charge on any atom is 0.410 e. The zero-order chi connectivity index (χ0) is 44.2. The van der Waals surface area contributed by atoms with E-state index in [1.165, 1.54) is 46.0 Å². The number of benzene rings is 3. The van der Waals surface area contributed by atoms with Crippen LogP contribution in [0.5, 0.6) is 0 Å². The van der Waals surface area contributed by atoms with Gasteiger partial charge in [-0.25, -0.2) is 14.0 Å². The second-order valence-electron chi connectivity index (χ2n) is 15.9. The number of carbonyl (C=O) groups excluding carboxylic acids is 6. The van der Waals surface area contributed by atoms with Gasteiger partial charge < -0.3 is 45.1 Å². The third-order valence-corrected chi connectivity index (χ3v) is 12.6. The minimum Gasteiger partial charge on any atom is -0.453 e. The first-order valence-corrected chi connectivity index (χ1v) is 20.6. The maximum atomic E-state index is 14.1. The highest BCUT2D eigenvalue weighted by Crippen LogP contribution is 2.42. The number of anilines is 1. The summed E-state index contributed by atoms with van der Waals surface area (Å²) < 4.78 is 35.1. The monoisotopic (exact) mass is 857 g/mol. The molecule has 0 saturated carbocycles. The van der Waals surface area contributed by atoms with Crippen LogP contribution in [0.25, 0.3) is 0 Å². The Morgan fingerprint density at radius 3 is 1.42 bits per heavy atom. The number of carbonyl (C=O) groups is 6. The second-order valence-corrected chi connectivity index (χ2v) is 15.9. The molecule has 4 saturated heterocycles. The summed E-state index contributed by atoms with van der Waals surface area (Å²) in [6.45, 7) is 1.93. The molecule has 6 amide bonds. The number of nitrogens with zero attached hydrogens (tertiary/aromatic N) is 5. The molecule has 4 N–H and O–H groups in total. The molecule has 0 radical (unpaired) electrons. The van der Waals surface area contributed by atoms with E-state index < -0.39 is 64.8 Å². The first kappa shape index (κ1) is 43.8. The molecule has 0 unspecified atom stereocenters. The van der Waals surface area contributed by atoms with Crippen molar-refractivity contribution in [1.29, 1.82) is 0 Å². The van der Waals surface area contributed by atoms with Crippen molar-refractivity contribution in [3.8, 4) is 0 Å². The fraction of sp³-hybridized carbons (Fsp3) is 0.455. The number of nitrogens with two attached hydrogens (primary N) is 2. The zero-order valence-electron chi connectivity index (χ0n) is 34.8. The van der Waals surface area contributed by atoms with Gasteiger partial charge in [0, 0.05) is 45.0 Å². The number of halogens is 1. The van der Waals surface area contributed by atoms with Crippen molar-refractivity contribution in [2.45, 2.75) is 61.9 Å². The first-order valence-electron chi connectivity index (χ1n) is 20.6. The molecule has 7 rings (SSSR count). The van der Waals surface area contributed by atoms with Gasteiger partial charge in [0.1, 0.15) is 29.0 Å². The largest absolute Gasteiger partial charge is 0.453 e. The summed E-state index contributed by atoms with van der Waals surface area (Å²) in [5, 5.41) is 0. The molecule has 18 heteroatoms. The Kier molecular flexibility index (Phi) is 13.0. The number of methoxy groups -OCH3 is 2. The molecule has 4 atom stereocenters. The normalized spacial score (nSPS) is 23.8. The topological polar surface area (TPSA) is 208 Å². The van der Waals surface area contributed by atoms with Crippen LogP contribution in [0.4, 0.5) is 19.7 Å². The van der Waals surface area contributed by atoms with Crippen molar-refractivity contribution in [2.24, 2.45) is 11.5 Å². The Hall–Kier alpha value is -6.27. The molecule has 3 aromatic carbocycles. The average molecular weight is 858 g/mol. The lowest BCUT2D eigenvalue weighted by atomic mass is 9.85. The predicted octanol–water partition coefficient (Wildman–Crippen LogP) is 2.57. The summed E-state index contributed by atoms with van der Waals surface area (Å²) in [6.07, 6.45) is 0.282. The van der Waals surface area contributed by atoms with Crippen LogP contribution in [0.1, 0.15) is 47.9 Å². The molecular formula is C44H52FN7O10. The highest BCUT2D eigenvalue weighted by Gasteiger charge is 2.54. The van der Waals surface area contributed by atoms with E-state index in [0.29, 0.717) is 49.9 Å². The average Bonchev–Trinajstić information content (AvgIpc) is 3.96. The van der Waals surface area contributed by atoms with Crippen molar-refractivity contribution in [1.82, 2.24) is 19.6 Å². The van der Waals surface area contributed by atoms with Crippen LogP contribution in [-0.4, -0.2) is 134 Å². The Morgan fingerprint density at radius 1 is 0.645 bits per heavy atom. The molecule has 4 aliphatic rings. The lowest BCUT2D eigenvalue weighted by Gasteiger charge is -2.41. The minimum absolute atomic E-state index is 0.0438. The predicted molar refractivity (Wildman–Crippen MR) is 220 cm³/mol. The number of morpholine rings is 2. The molecule has 62 heavy (non-hydrogen) atoms. The number of ether oxygens (including phenoxy) is 4. The van der Waals surface area contributed by atoms with E-state index in [1.807, 2.05) is 29.2 Å². The Labute approximate surface area is 358 Å². The van der Waals surface area contributed by atoms with E-state index in [0.717, 1.165) is 16.8 Å². The van der Waals surface area contributed by atoms with Crippen LogP contribution in [0.3, 0.4) is 0 Å². The lowest BCUT2D eigenvalue weighted by molar-refractivity contribution is -0.152. The van der Waals surface area contributed by atoms with Gasteiger partial charge in [0.25, 0.3) is 0 Å². The van der Waals surface area contributed by atoms with Gasteiger partial charge in [-0.1, -0.05) is 48.5 Å². The number of hydrogen-bond donors (Lipinski definition) is 2. The molecule has 4 aliphatic heterocycles. The van der Waals surface area contributed by atoms with Crippen molar-refractivity contribution < 1.29 is 52.1 Å². The minimum atomic E-state index is -1.46. The van der Waals surface area contributed by atoms with E-state index in [2.05, 4.69) is 0 Å².